The van der Waals surface area contributed by atoms with Crippen LogP contribution in [0.5, 0.6) is 0 Å². The van der Waals surface area contributed by atoms with Crippen LogP contribution in [-0.2, 0) is 0 Å². The fourth-order valence-electron chi connectivity index (χ4n) is 11.5. The molecule has 0 saturated heterocycles. The normalized spacial score (nSPS) is 11.3. The van der Waals surface area contributed by atoms with Gasteiger partial charge in [-0.25, -0.2) is 29.9 Å². The van der Waals surface area contributed by atoms with Crippen molar-refractivity contribution >= 4 is 43.6 Å². The Kier molecular flexibility index (Phi) is 12.0. The molecule has 11 aromatic carbocycles. The Bertz CT molecular complexity index is 4720. The number of rotatable bonds is 10. The number of para-hydroxylation sites is 2. The number of hydrogen-bond acceptors (Lipinski definition) is 8. The highest BCUT2D eigenvalue weighted by Crippen LogP contribution is 2.42. The predicted molar refractivity (Wildman–Crippen MR) is 335 cm³/mol. The van der Waals surface area contributed by atoms with Crippen LogP contribution in [0, 0.1) is 22.7 Å². The summed E-state index contributed by atoms with van der Waals surface area (Å²) >= 11 is 0. The second-order valence-corrected chi connectivity index (χ2v) is 20.5. The van der Waals surface area contributed by atoms with Crippen molar-refractivity contribution in [2.75, 3.05) is 0 Å². The molecule has 0 unspecified atom stereocenters. The molecule has 0 aliphatic rings. The molecule has 15 rings (SSSR count). The second-order valence-electron chi connectivity index (χ2n) is 20.5. The molecule has 0 spiro atoms. The van der Waals surface area contributed by atoms with E-state index >= 15 is 0 Å². The highest BCUT2D eigenvalue weighted by Gasteiger charge is 2.24. The fraction of sp³-hybridized carbons (Fsp3) is 0. The number of aromatic nitrogens is 8. The molecule has 10 nitrogen and oxygen atoms in total. The summed E-state index contributed by atoms with van der Waals surface area (Å²) in [6.07, 6.45) is 0. The largest absolute Gasteiger partial charge is 0.308 e. The Morgan fingerprint density at radius 2 is 0.548 bits per heavy atom. The average molecular weight is 1070 g/mol. The van der Waals surface area contributed by atoms with Crippen LogP contribution >= 0.6 is 0 Å². The maximum Gasteiger partial charge on any atom is 0.166 e. The number of nitrogens with zero attached hydrogens (tertiary/aromatic N) is 10. The highest BCUT2D eigenvalue weighted by molar-refractivity contribution is 6.11. The van der Waals surface area contributed by atoms with Gasteiger partial charge in [0.25, 0.3) is 0 Å². The number of nitriles is 2. The first-order chi connectivity index (χ1) is 41.5. The lowest BCUT2D eigenvalue weighted by atomic mass is 9.96. The maximum atomic E-state index is 10.1. The van der Waals surface area contributed by atoms with Gasteiger partial charge in [-0.15, -0.1) is 0 Å². The molecule has 4 aromatic heterocycles. The first kappa shape index (κ1) is 49.1. The summed E-state index contributed by atoms with van der Waals surface area (Å²) in [6, 6.07) is 94.8. The molecule has 0 N–H and O–H groups in total. The summed E-state index contributed by atoms with van der Waals surface area (Å²) in [4.78, 5) is 31.1. The van der Waals surface area contributed by atoms with Gasteiger partial charge in [0.05, 0.1) is 56.7 Å². The van der Waals surface area contributed by atoms with Gasteiger partial charge >= 0.3 is 0 Å². The van der Waals surface area contributed by atoms with E-state index in [4.69, 9.17) is 29.9 Å². The van der Waals surface area contributed by atoms with E-state index in [1.165, 1.54) is 0 Å². The summed E-state index contributed by atoms with van der Waals surface area (Å²) < 4.78 is 4.54. The van der Waals surface area contributed by atoms with Gasteiger partial charge in [0, 0.05) is 54.9 Å². The van der Waals surface area contributed by atoms with Gasteiger partial charge in [-0.2, -0.15) is 10.5 Å². The predicted octanol–water partition coefficient (Wildman–Crippen LogP) is 17.3. The SMILES string of the molecule is N#Cc1ccc2c(c1)c1ccccc1n2-c1cc(-c2cccc(-c3ccc(-c4nc(-c5ccccc5)nc(-c5ccccc5)n4)c(-n4c5ccccc5c5cc(C#N)ccc54)c3)c2)ccc1-c1nc(-c2ccccc2)nc(-c2ccccc2)n1. The van der Waals surface area contributed by atoms with Crippen molar-refractivity contribution in [3.8, 4) is 114 Å². The van der Waals surface area contributed by atoms with Crippen LogP contribution < -0.4 is 0 Å². The van der Waals surface area contributed by atoms with Gasteiger partial charge < -0.3 is 9.13 Å². The van der Waals surface area contributed by atoms with E-state index in [2.05, 4.69) is 106 Å². The van der Waals surface area contributed by atoms with E-state index in [0.29, 0.717) is 46.1 Å². The number of benzene rings is 11. The lowest BCUT2D eigenvalue weighted by Gasteiger charge is -2.17. The van der Waals surface area contributed by atoms with Gasteiger partial charge in [-0.05, 0) is 101 Å². The Morgan fingerprint density at radius 3 is 0.917 bits per heavy atom. The van der Waals surface area contributed by atoms with Crippen LogP contribution in [-0.4, -0.2) is 39.0 Å². The van der Waals surface area contributed by atoms with E-state index < -0.39 is 0 Å². The molecule has 0 saturated carbocycles. The Morgan fingerprint density at radius 1 is 0.238 bits per heavy atom. The third-order valence-electron chi connectivity index (χ3n) is 15.5. The van der Waals surface area contributed by atoms with Crippen molar-refractivity contribution in [2.24, 2.45) is 0 Å². The molecular formula is C74H44N10. The minimum absolute atomic E-state index is 0.518. The maximum absolute atomic E-state index is 10.1. The zero-order valence-corrected chi connectivity index (χ0v) is 44.9. The fourth-order valence-corrected chi connectivity index (χ4v) is 11.5. The summed E-state index contributed by atoms with van der Waals surface area (Å²) in [5.74, 6) is 3.28. The molecule has 0 amide bonds. The quantitative estimate of drug-likeness (QED) is 0.132. The number of fused-ring (bicyclic) bond motifs is 6. The molecule has 390 valence electrons. The van der Waals surface area contributed by atoms with Crippen LogP contribution in [0.15, 0.2) is 267 Å². The monoisotopic (exact) mass is 1070 g/mol. The van der Waals surface area contributed by atoms with Gasteiger partial charge in [0.15, 0.2) is 34.9 Å². The lowest BCUT2D eigenvalue weighted by Crippen LogP contribution is -2.04. The van der Waals surface area contributed by atoms with Crippen LogP contribution in [0.1, 0.15) is 11.1 Å². The van der Waals surface area contributed by atoms with Crippen LogP contribution in [0.25, 0.3) is 146 Å². The summed E-state index contributed by atoms with van der Waals surface area (Å²) in [7, 11) is 0. The smallest absolute Gasteiger partial charge is 0.166 e. The highest BCUT2D eigenvalue weighted by atomic mass is 15.1. The average Bonchev–Trinajstić information content (AvgIpc) is 1.82. The van der Waals surface area contributed by atoms with Gasteiger partial charge in [0.2, 0.25) is 0 Å². The number of hydrogen-bond donors (Lipinski definition) is 0. The zero-order chi connectivity index (χ0) is 56.1. The third kappa shape index (κ3) is 8.68. The standard InChI is InChI=1S/C74H44N10/c75-45-47-32-38-65-61(40-47)57-28-13-15-30-63(57)83(65)67-43-55(34-36-59(67)73-79-69(49-18-5-1-6-19-49)77-70(80-73)50-20-7-2-8-21-50)53-26-17-27-54(42-53)56-35-37-60(68(44-56)84-64-31-16-14-29-58(64)62-41-48(46-76)33-39-66(62)84)74-81-71(51-22-9-3-10-23-51)78-72(82-74)52-24-11-4-12-25-52/h1-44H. The van der Waals surface area contributed by atoms with Crippen LogP contribution in [0.2, 0.25) is 0 Å². The molecule has 0 aliphatic heterocycles. The molecular weight excluding hydrogens is 1030 g/mol. The van der Waals surface area contributed by atoms with E-state index in [1.807, 2.05) is 182 Å². The Labute approximate surface area is 482 Å². The molecule has 0 bridgehead atoms. The lowest BCUT2D eigenvalue weighted by molar-refractivity contribution is 1.06. The minimum atomic E-state index is 0.518. The van der Waals surface area contributed by atoms with Crippen molar-refractivity contribution in [3.63, 3.8) is 0 Å². The van der Waals surface area contributed by atoms with Crippen molar-refractivity contribution in [2.45, 2.75) is 0 Å². The Balaban J connectivity index is 0.943. The molecule has 0 atom stereocenters. The van der Waals surface area contributed by atoms with E-state index in [0.717, 1.165) is 111 Å². The van der Waals surface area contributed by atoms with E-state index in [-0.39, 0.29) is 0 Å². The van der Waals surface area contributed by atoms with Crippen LogP contribution in [0.3, 0.4) is 0 Å². The first-order valence-corrected chi connectivity index (χ1v) is 27.5. The second kappa shape index (κ2) is 20.6. The molecule has 0 radical (unpaired) electrons. The zero-order valence-electron chi connectivity index (χ0n) is 44.9. The third-order valence-corrected chi connectivity index (χ3v) is 15.5. The van der Waals surface area contributed by atoms with E-state index in [1.54, 1.807) is 0 Å². The summed E-state index contributed by atoms with van der Waals surface area (Å²) in [6.45, 7) is 0. The van der Waals surface area contributed by atoms with Crippen molar-refractivity contribution < 1.29 is 0 Å². The molecule has 15 aromatic rings. The molecule has 4 heterocycles. The van der Waals surface area contributed by atoms with E-state index in [9.17, 15) is 10.5 Å². The molecule has 0 aliphatic carbocycles. The van der Waals surface area contributed by atoms with Crippen molar-refractivity contribution in [1.29, 1.82) is 10.5 Å². The van der Waals surface area contributed by atoms with Gasteiger partial charge in [-0.1, -0.05) is 188 Å². The van der Waals surface area contributed by atoms with Crippen molar-refractivity contribution in [1.82, 2.24) is 39.0 Å². The summed E-state index contributed by atoms with van der Waals surface area (Å²) in [5, 5.41) is 24.2. The molecule has 84 heavy (non-hydrogen) atoms. The van der Waals surface area contributed by atoms with Crippen molar-refractivity contribution in [3.05, 3.63) is 278 Å². The first-order valence-electron chi connectivity index (χ1n) is 27.5. The summed E-state index contributed by atoms with van der Waals surface area (Å²) in [5.41, 5.74) is 15.7. The van der Waals surface area contributed by atoms with Gasteiger partial charge in [-0.3, -0.25) is 0 Å². The topological polar surface area (TPSA) is 135 Å². The van der Waals surface area contributed by atoms with Crippen LogP contribution in [0.4, 0.5) is 0 Å². The Hall–Kier alpha value is -12.0. The molecule has 10 heteroatoms. The van der Waals surface area contributed by atoms with Gasteiger partial charge in [0.1, 0.15) is 0 Å². The molecule has 0 fully saturated rings. The minimum Gasteiger partial charge on any atom is -0.308 e.